The van der Waals surface area contributed by atoms with Crippen molar-refractivity contribution in [3.8, 4) is 0 Å². The number of para-hydroxylation sites is 2. The molecule has 0 radical (unpaired) electrons. The van der Waals surface area contributed by atoms with Crippen molar-refractivity contribution in [2.45, 2.75) is 50.2 Å². The number of esters is 1. The third-order valence-corrected chi connectivity index (χ3v) is 5.46. The van der Waals surface area contributed by atoms with Crippen LogP contribution >= 0.6 is 0 Å². The van der Waals surface area contributed by atoms with Gasteiger partial charge in [-0.15, -0.1) is 0 Å². The molecule has 3 atom stereocenters. The summed E-state index contributed by atoms with van der Waals surface area (Å²) in [5.74, 6) is -0.140. The lowest BCUT2D eigenvalue weighted by Gasteiger charge is -2.44. The van der Waals surface area contributed by atoms with E-state index in [1.165, 1.54) is 6.07 Å². The largest absolute Gasteiger partial charge is 0.465 e. The summed E-state index contributed by atoms with van der Waals surface area (Å²) in [5.41, 5.74) is 0.0957. The van der Waals surface area contributed by atoms with E-state index < -0.39 is 5.54 Å². The van der Waals surface area contributed by atoms with E-state index >= 15 is 0 Å². The Morgan fingerprint density at radius 3 is 2.83 bits per heavy atom. The number of piperidine rings is 1. The van der Waals surface area contributed by atoms with Gasteiger partial charge in [0, 0.05) is 18.2 Å². The number of nitrogens with one attached hydrogen (secondary N) is 1. The zero-order valence-corrected chi connectivity index (χ0v) is 14.0. The molecule has 2 fully saturated rings. The Kier molecular flexibility index (Phi) is 4.45. The maximum Gasteiger partial charge on any atom is 0.326 e. The molecule has 3 rings (SSSR count). The van der Waals surface area contributed by atoms with Gasteiger partial charge in [-0.1, -0.05) is 12.1 Å². The summed E-state index contributed by atoms with van der Waals surface area (Å²) in [4.78, 5) is 25.4. The molecule has 0 saturated carbocycles. The van der Waals surface area contributed by atoms with Crippen molar-refractivity contribution in [1.29, 1.82) is 0 Å². The van der Waals surface area contributed by atoms with Gasteiger partial charge in [-0.3, -0.25) is 19.8 Å². The number of nitro benzene ring substituents is 1. The van der Waals surface area contributed by atoms with Crippen LogP contribution in [0.5, 0.6) is 0 Å². The Hall–Kier alpha value is -2.15. The Bertz CT molecular complexity index is 650. The van der Waals surface area contributed by atoms with Crippen LogP contribution in [-0.2, 0) is 9.53 Å². The van der Waals surface area contributed by atoms with Crippen molar-refractivity contribution in [2.75, 3.05) is 19.0 Å². The predicted molar refractivity (Wildman–Crippen MR) is 89.9 cm³/mol. The van der Waals surface area contributed by atoms with Crippen molar-refractivity contribution in [3.63, 3.8) is 0 Å². The minimum absolute atomic E-state index is 0.0837. The third kappa shape index (κ3) is 2.62. The van der Waals surface area contributed by atoms with E-state index in [2.05, 4.69) is 10.2 Å². The molecule has 2 heterocycles. The highest BCUT2D eigenvalue weighted by Gasteiger charge is 2.56. The fraction of sp³-hybridized carbons (Fsp3) is 0.588. The first kappa shape index (κ1) is 16.7. The lowest BCUT2D eigenvalue weighted by atomic mass is 9.86. The number of ether oxygens (including phenoxy) is 1. The number of carbonyl (C=O) groups is 1. The molecule has 1 aromatic rings. The molecule has 2 aliphatic heterocycles. The summed E-state index contributed by atoms with van der Waals surface area (Å²) in [7, 11) is 1.96. The van der Waals surface area contributed by atoms with Crippen LogP contribution in [0.25, 0.3) is 0 Å². The molecule has 7 nitrogen and oxygen atoms in total. The molecule has 0 aliphatic carbocycles. The lowest BCUT2D eigenvalue weighted by Crippen LogP contribution is -2.59. The molecular weight excluding hydrogens is 310 g/mol. The van der Waals surface area contributed by atoms with Gasteiger partial charge in [-0.25, -0.2) is 0 Å². The number of carbonyl (C=O) groups excluding carboxylic acids is 1. The van der Waals surface area contributed by atoms with Gasteiger partial charge < -0.3 is 10.1 Å². The van der Waals surface area contributed by atoms with Crippen LogP contribution in [0.3, 0.4) is 0 Å². The van der Waals surface area contributed by atoms with Gasteiger partial charge in [0.25, 0.3) is 5.69 Å². The average molecular weight is 333 g/mol. The first-order valence-electron chi connectivity index (χ1n) is 8.39. The number of hydrogen-bond donors (Lipinski definition) is 1. The fourth-order valence-electron chi connectivity index (χ4n) is 4.17. The van der Waals surface area contributed by atoms with Gasteiger partial charge >= 0.3 is 5.97 Å². The number of rotatable bonds is 5. The molecule has 0 amide bonds. The number of hydrogen-bond acceptors (Lipinski definition) is 6. The van der Waals surface area contributed by atoms with Crippen molar-refractivity contribution < 1.29 is 14.5 Å². The summed E-state index contributed by atoms with van der Waals surface area (Å²) in [5, 5.41) is 14.5. The number of benzene rings is 1. The van der Waals surface area contributed by atoms with E-state index in [0.29, 0.717) is 18.7 Å². The SMILES string of the molecule is CCOC(=O)C12CCC([C@@H](Nc3ccccc3[N+](=O)[O-])CC1)N2C. The second-order valence-corrected chi connectivity index (χ2v) is 6.53. The minimum Gasteiger partial charge on any atom is -0.465 e. The minimum atomic E-state index is -0.526. The monoisotopic (exact) mass is 333 g/mol. The molecule has 2 bridgehead atoms. The van der Waals surface area contributed by atoms with Crippen molar-refractivity contribution in [1.82, 2.24) is 4.90 Å². The Morgan fingerprint density at radius 2 is 2.12 bits per heavy atom. The second-order valence-electron chi connectivity index (χ2n) is 6.53. The van der Waals surface area contributed by atoms with Gasteiger partial charge in [0.2, 0.25) is 0 Å². The number of fused-ring (bicyclic) bond motifs is 2. The van der Waals surface area contributed by atoms with Crippen LogP contribution in [0.2, 0.25) is 0 Å². The van der Waals surface area contributed by atoms with Crippen LogP contribution in [0.1, 0.15) is 32.6 Å². The molecular formula is C17H23N3O4. The number of nitrogens with zero attached hydrogens (tertiary/aromatic N) is 2. The molecule has 2 unspecified atom stereocenters. The first-order chi connectivity index (χ1) is 11.5. The molecule has 24 heavy (non-hydrogen) atoms. The van der Waals surface area contributed by atoms with E-state index in [1.807, 2.05) is 14.0 Å². The Labute approximate surface area is 141 Å². The number of likely N-dealkylation sites (N-methyl/N-ethyl adjacent to an activating group) is 1. The summed E-state index contributed by atoms with van der Waals surface area (Å²) in [6.07, 6.45) is 3.16. The highest BCUT2D eigenvalue weighted by Crippen LogP contribution is 2.45. The standard InChI is InChI=1S/C17H23N3O4/c1-3-24-16(21)17-10-8-13(14(9-11-17)19(17)2)18-12-6-4-5-7-15(12)20(22)23/h4-7,13-14,18H,3,8-11H2,1-2H3/t13-,14?,17?/m0/s1. The highest BCUT2D eigenvalue weighted by molar-refractivity contribution is 5.81. The highest BCUT2D eigenvalue weighted by atomic mass is 16.6. The predicted octanol–water partition coefficient (Wildman–Crippen LogP) is 2.57. The van der Waals surface area contributed by atoms with Crippen molar-refractivity contribution >= 4 is 17.3 Å². The molecule has 1 aromatic carbocycles. The topological polar surface area (TPSA) is 84.7 Å². The second kappa shape index (κ2) is 6.39. The van der Waals surface area contributed by atoms with E-state index in [1.54, 1.807) is 18.2 Å². The van der Waals surface area contributed by atoms with E-state index in [0.717, 1.165) is 19.3 Å². The summed E-state index contributed by atoms with van der Waals surface area (Å²) >= 11 is 0. The van der Waals surface area contributed by atoms with E-state index in [4.69, 9.17) is 4.74 Å². The van der Waals surface area contributed by atoms with Crippen LogP contribution < -0.4 is 5.32 Å². The molecule has 0 spiro atoms. The fourth-order valence-corrected chi connectivity index (χ4v) is 4.17. The maximum atomic E-state index is 12.4. The molecule has 7 heteroatoms. The number of nitro groups is 1. The zero-order valence-electron chi connectivity index (χ0n) is 14.0. The van der Waals surface area contributed by atoms with Gasteiger partial charge in [0.05, 0.1) is 11.5 Å². The quantitative estimate of drug-likeness (QED) is 0.506. The molecule has 2 aliphatic rings. The summed E-state index contributed by atoms with van der Waals surface area (Å²) in [6, 6.07) is 6.95. The van der Waals surface area contributed by atoms with Crippen molar-refractivity contribution in [3.05, 3.63) is 34.4 Å². The van der Waals surface area contributed by atoms with E-state index in [-0.39, 0.29) is 28.7 Å². The van der Waals surface area contributed by atoms with Crippen LogP contribution in [0, 0.1) is 10.1 Å². The number of anilines is 1. The average Bonchev–Trinajstić information content (AvgIpc) is 2.77. The zero-order chi connectivity index (χ0) is 17.3. The normalized spacial score (nSPS) is 29.2. The van der Waals surface area contributed by atoms with Crippen LogP contribution in [0.4, 0.5) is 11.4 Å². The summed E-state index contributed by atoms with van der Waals surface area (Å²) < 4.78 is 5.29. The van der Waals surface area contributed by atoms with Crippen LogP contribution in [-0.4, -0.2) is 47.1 Å². The van der Waals surface area contributed by atoms with Gasteiger partial charge in [-0.05, 0) is 45.7 Å². The van der Waals surface area contributed by atoms with Crippen LogP contribution in [0.15, 0.2) is 24.3 Å². The molecule has 2 saturated heterocycles. The molecule has 0 aromatic heterocycles. The van der Waals surface area contributed by atoms with Crippen molar-refractivity contribution in [2.24, 2.45) is 0 Å². The Morgan fingerprint density at radius 1 is 1.42 bits per heavy atom. The van der Waals surface area contributed by atoms with E-state index in [9.17, 15) is 14.9 Å². The van der Waals surface area contributed by atoms with Gasteiger partial charge in [0.1, 0.15) is 11.2 Å². The molecule has 1 N–H and O–H groups in total. The lowest BCUT2D eigenvalue weighted by molar-refractivity contribution is -0.384. The smallest absolute Gasteiger partial charge is 0.326 e. The first-order valence-corrected chi connectivity index (χ1v) is 8.39. The Balaban J connectivity index is 1.78. The van der Waals surface area contributed by atoms with Gasteiger partial charge in [-0.2, -0.15) is 0 Å². The maximum absolute atomic E-state index is 12.4. The van der Waals surface area contributed by atoms with Gasteiger partial charge in [0.15, 0.2) is 0 Å². The third-order valence-electron chi connectivity index (χ3n) is 5.46. The summed E-state index contributed by atoms with van der Waals surface area (Å²) in [6.45, 7) is 2.21. The molecule has 130 valence electrons.